The van der Waals surface area contributed by atoms with E-state index in [1.807, 2.05) is 43.3 Å². The van der Waals surface area contributed by atoms with Gasteiger partial charge in [-0.05, 0) is 55.5 Å². The van der Waals surface area contributed by atoms with Crippen molar-refractivity contribution in [2.75, 3.05) is 14.1 Å². The Hall–Kier alpha value is -3.07. The Bertz CT molecular complexity index is 1010. The molecule has 0 atom stereocenters. The van der Waals surface area contributed by atoms with Crippen molar-refractivity contribution in [3.05, 3.63) is 83.2 Å². The summed E-state index contributed by atoms with van der Waals surface area (Å²) in [6, 6.07) is 3.07. The van der Waals surface area contributed by atoms with Crippen LogP contribution in [0.4, 0.5) is 17.6 Å². The van der Waals surface area contributed by atoms with Crippen molar-refractivity contribution in [3.63, 3.8) is 0 Å². The van der Waals surface area contributed by atoms with E-state index in [0.29, 0.717) is 17.7 Å². The molecule has 0 spiro atoms. The lowest BCUT2D eigenvalue weighted by molar-refractivity contribution is -0.138. The number of rotatable bonds is 7. The van der Waals surface area contributed by atoms with Crippen LogP contribution in [0, 0.1) is 5.82 Å². The summed E-state index contributed by atoms with van der Waals surface area (Å²) in [5, 5.41) is 6.55. The Morgan fingerprint density at radius 1 is 1.12 bits per heavy atom. The van der Waals surface area contributed by atoms with Gasteiger partial charge in [0.2, 0.25) is 0 Å². The van der Waals surface area contributed by atoms with Crippen LogP contribution >= 0.6 is 0 Å². The molecule has 0 aromatic heterocycles. The average molecular weight is 478 g/mol. The molecule has 2 aliphatic carbocycles. The second-order valence-electron chi connectivity index (χ2n) is 8.73. The lowest BCUT2D eigenvalue weighted by atomic mass is 9.91. The van der Waals surface area contributed by atoms with E-state index in [-0.39, 0.29) is 24.2 Å². The lowest BCUT2D eigenvalue weighted by Gasteiger charge is -2.30. The number of hydrogen-bond acceptors (Lipinski definition) is 5. The summed E-state index contributed by atoms with van der Waals surface area (Å²) in [5.41, 5.74) is 6.83. The zero-order chi connectivity index (χ0) is 24.9. The molecule has 0 bridgehead atoms. The summed E-state index contributed by atoms with van der Waals surface area (Å²) >= 11 is 0. The highest BCUT2D eigenvalue weighted by Gasteiger charge is 2.34. The van der Waals surface area contributed by atoms with Gasteiger partial charge in [-0.1, -0.05) is 24.8 Å². The Morgan fingerprint density at radius 2 is 1.76 bits per heavy atom. The molecule has 9 heteroatoms. The fourth-order valence-electron chi connectivity index (χ4n) is 4.10. The van der Waals surface area contributed by atoms with Crippen molar-refractivity contribution >= 4 is 5.71 Å². The van der Waals surface area contributed by atoms with Gasteiger partial charge in [0, 0.05) is 38.3 Å². The maximum absolute atomic E-state index is 13.3. The quantitative estimate of drug-likeness (QED) is 0.502. The van der Waals surface area contributed by atoms with Crippen molar-refractivity contribution in [1.82, 2.24) is 15.5 Å². The minimum Gasteiger partial charge on any atom is -0.385 e. The number of halogens is 4. The Balaban J connectivity index is 1.53. The molecule has 0 radical (unpaired) electrons. The minimum atomic E-state index is -4.59. The molecule has 1 fully saturated rings. The minimum absolute atomic E-state index is 0.0422. The van der Waals surface area contributed by atoms with Crippen molar-refractivity contribution in [2.45, 2.75) is 50.5 Å². The molecule has 34 heavy (non-hydrogen) atoms. The Kier molecular flexibility index (Phi) is 8.19. The number of hydrogen-bond donors (Lipinski definition) is 3. The highest BCUT2D eigenvalue weighted by Crippen LogP contribution is 2.33. The second-order valence-corrected chi connectivity index (χ2v) is 8.73. The maximum Gasteiger partial charge on any atom is 0.416 e. The fourth-order valence-corrected chi connectivity index (χ4v) is 4.10. The first-order valence-corrected chi connectivity index (χ1v) is 11.2. The fraction of sp³-hybridized carbons (Fsp3) is 0.400. The highest BCUT2D eigenvalue weighted by atomic mass is 19.4. The van der Waals surface area contributed by atoms with Gasteiger partial charge in [-0.2, -0.15) is 13.2 Å². The van der Waals surface area contributed by atoms with E-state index in [4.69, 9.17) is 5.73 Å². The van der Waals surface area contributed by atoms with Crippen LogP contribution in [0.2, 0.25) is 0 Å². The van der Waals surface area contributed by atoms with E-state index in [1.165, 1.54) is 6.07 Å². The topological polar surface area (TPSA) is 65.7 Å². The van der Waals surface area contributed by atoms with E-state index >= 15 is 0 Å². The molecule has 5 nitrogen and oxygen atoms in total. The molecule has 1 aromatic carbocycles. The number of nitrogens with one attached hydrogen (secondary N) is 2. The summed E-state index contributed by atoms with van der Waals surface area (Å²) in [6.45, 7) is 4.07. The number of benzene rings is 1. The molecule has 184 valence electrons. The Labute approximate surface area is 197 Å². The van der Waals surface area contributed by atoms with Crippen LogP contribution in [-0.4, -0.2) is 36.8 Å². The Morgan fingerprint density at radius 3 is 2.41 bits per heavy atom. The number of aliphatic imine (C=N–C) groups is 1. The van der Waals surface area contributed by atoms with E-state index in [0.717, 1.165) is 43.0 Å². The van der Waals surface area contributed by atoms with Gasteiger partial charge >= 0.3 is 6.18 Å². The van der Waals surface area contributed by atoms with Gasteiger partial charge in [-0.3, -0.25) is 0 Å². The van der Waals surface area contributed by atoms with Gasteiger partial charge < -0.3 is 21.3 Å². The summed E-state index contributed by atoms with van der Waals surface area (Å²) in [6.07, 6.45) is 6.24. The molecule has 4 N–H and O–H groups in total. The number of nitrogens with zero attached hydrogens (tertiary/aromatic N) is 2. The standard InChI is InChI=1S/C25H31F4N5/c1-16(33-23-7-5-4-6-21(23)24(30)34(2)3)32-20-12-10-19(11-13-20)31-15-17-8-9-18(26)14-22(17)25(27,28)29/h4-9,14,19-20,31-32H,1,10-13,15,30H2,2-3H3/b24-21+,33-23-/t19-,20+. The molecule has 3 rings (SSSR count). The van der Waals surface area contributed by atoms with Gasteiger partial charge in [0.1, 0.15) is 17.5 Å². The third kappa shape index (κ3) is 6.72. The lowest BCUT2D eigenvalue weighted by Crippen LogP contribution is -2.39. The third-order valence-corrected chi connectivity index (χ3v) is 5.97. The van der Waals surface area contributed by atoms with Crippen LogP contribution in [0.25, 0.3) is 0 Å². The smallest absolute Gasteiger partial charge is 0.385 e. The molecule has 1 aromatic rings. The predicted molar refractivity (Wildman–Crippen MR) is 127 cm³/mol. The first-order chi connectivity index (χ1) is 16.0. The number of allylic oxidation sites excluding steroid dienone is 5. The molecule has 0 amide bonds. The SMILES string of the molecule is C=C(/N=C1/C=CC=C/C1=C(/N)N(C)C)N[C@H]1CC[C@@H](NCc2ccc(F)cc2C(F)(F)F)CC1. The van der Waals surface area contributed by atoms with E-state index in [9.17, 15) is 17.6 Å². The molecule has 2 aliphatic rings. The zero-order valence-electron chi connectivity index (χ0n) is 19.4. The summed E-state index contributed by atoms with van der Waals surface area (Å²) in [7, 11) is 3.73. The van der Waals surface area contributed by atoms with E-state index in [2.05, 4.69) is 22.2 Å². The number of nitrogens with two attached hydrogens (primary N) is 1. The molecular formula is C25H31F4N5. The maximum atomic E-state index is 13.3. The normalized spacial score (nSPS) is 23.2. The van der Waals surface area contributed by atoms with Crippen molar-refractivity contribution < 1.29 is 17.6 Å². The van der Waals surface area contributed by atoms with Crippen molar-refractivity contribution in [2.24, 2.45) is 10.7 Å². The first kappa shape index (κ1) is 25.6. The number of alkyl halides is 3. The molecule has 0 unspecified atom stereocenters. The third-order valence-electron chi connectivity index (χ3n) is 5.97. The average Bonchev–Trinajstić information content (AvgIpc) is 2.78. The van der Waals surface area contributed by atoms with Gasteiger partial charge in [-0.25, -0.2) is 9.38 Å². The second kappa shape index (κ2) is 10.9. The molecule has 0 aliphatic heterocycles. The van der Waals surface area contributed by atoms with Crippen LogP contribution in [-0.2, 0) is 12.7 Å². The van der Waals surface area contributed by atoms with Crippen LogP contribution in [0.15, 0.2) is 71.3 Å². The van der Waals surface area contributed by atoms with Crippen LogP contribution in [0.5, 0.6) is 0 Å². The first-order valence-electron chi connectivity index (χ1n) is 11.2. The molecular weight excluding hydrogens is 446 g/mol. The van der Waals surface area contributed by atoms with Crippen LogP contribution in [0.3, 0.4) is 0 Å². The van der Waals surface area contributed by atoms with E-state index < -0.39 is 17.6 Å². The van der Waals surface area contributed by atoms with Crippen molar-refractivity contribution in [1.29, 1.82) is 0 Å². The van der Waals surface area contributed by atoms with Gasteiger partial charge in [0.25, 0.3) is 0 Å². The van der Waals surface area contributed by atoms with Crippen molar-refractivity contribution in [3.8, 4) is 0 Å². The summed E-state index contributed by atoms with van der Waals surface area (Å²) in [5.74, 6) is 0.253. The van der Waals surface area contributed by atoms with Gasteiger partial charge in [-0.15, -0.1) is 0 Å². The monoisotopic (exact) mass is 477 g/mol. The predicted octanol–water partition coefficient (Wildman–Crippen LogP) is 4.61. The molecule has 0 heterocycles. The van der Waals surface area contributed by atoms with E-state index in [1.54, 1.807) is 0 Å². The largest absolute Gasteiger partial charge is 0.416 e. The molecule has 1 saturated carbocycles. The summed E-state index contributed by atoms with van der Waals surface area (Å²) in [4.78, 5) is 6.43. The van der Waals surface area contributed by atoms with Crippen LogP contribution < -0.4 is 16.4 Å². The zero-order valence-corrected chi connectivity index (χ0v) is 19.4. The summed E-state index contributed by atoms with van der Waals surface area (Å²) < 4.78 is 52.9. The van der Waals surface area contributed by atoms with Gasteiger partial charge in [0.05, 0.1) is 11.3 Å². The van der Waals surface area contributed by atoms with Gasteiger partial charge in [0.15, 0.2) is 0 Å². The van der Waals surface area contributed by atoms with Crippen LogP contribution in [0.1, 0.15) is 36.8 Å². The molecule has 0 saturated heterocycles. The highest BCUT2D eigenvalue weighted by molar-refractivity contribution is 6.12.